The van der Waals surface area contributed by atoms with Gasteiger partial charge in [-0.15, -0.1) is 0 Å². The smallest absolute Gasteiger partial charge is 0.342 e. The summed E-state index contributed by atoms with van der Waals surface area (Å²) >= 11 is 1.66. The predicted octanol–water partition coefficient (Wildman–Crippen LogP) is 6.00. The number of alkyl halides is 3. The van der Waals surface area contributed by atoms with E-state index in [-0.39, 0.29) is 11.2 Å². The molecule has 2 aliphatic carbocycles. The van der Waals surface area contributed by atoms with Crippen molar-refractivity contribution >= 4 is 22.6 Å². The van der Waals surface area contributed by atoms with Gasteiger partial charge in [0.25, 0.3) is 0 Å². The van der Waals surface area contributed by atoms with Crippen LogP contribution in [0.25, 0.3) is 0 Å². The molecule has 0 bridgehead atoms. The zero-order valence-electron chi connectivity index (χ0n) is 14.2. The maximum Gasteiger partial charge on any atom is 0.418 e. The minimum absolute atomic E-state index is 0.0514. The molecule has 2 nitrogen and oxygen atoms in total. The van der Waals surface area contributed by atoms with Gasteiger partial charge < -0.3 is 4.90 Å². The van der Waals surface area contributed by atoms with Gasteiger partial charge in [-0.3, -0.25) is 0 Å². The van der Waals surface area contributed by atoms with Crippen molar-refractivity contribution in [2.24, 2.45) is 4.99 Å². The van der Waals surface area contributed by atoms with Crippen molar-refractivity contribution in [2.75, 3.05) is 5.75 Å². The zero-order valence-corrected chi connectivity index (χ0v) is 15.0. The molecular weight excluding hydrogens is 345 g/mol. The lowest BCUT2D eigenvalue weighted by molar-refractivity contribution is -0.137. The lowest BCUT2D eigenvalue weighted by atomic mass is 9.95. The monoisotopic (exact) mass is 368 g/mol. The van der Waals surface area contributed by atoms with Gasteiger partial charge in [0.1, 0.15) is 0 Å². The number of hydrogen-bond donors (Lipinski definition) is 0. The summed E-state index contributed by atoms with van der Waals surface area (Å²) in [7, 11) is 0. The number of benzene rings is 1. The van der Waals surface area contributed by atoms with Crippen molar-refractivity contribution in [1.82, 2.24) is 4.90 Å². The minimum atomic E-state index is -4.37. The number of halogens is 3. The largest absolute Gasteiger partial charge is 0.418 e. The van der Waals surface area contributed by atoms with E-state index in [0.29, 0.717) is 6.04 Å². The van der Waals surface area contributed by atoms with Gasteiger partial charge in [0.15, 0.2) is 5.17 Å². The van der Waals surface area contributed by atoms with Gasteiger partial charge in [-0.25, -0.2) is 4.99 Å². The third kappa shape index (κ3) is 3.18. The third-order valence-electron chi connectivity index (χ3n) is 5.84. The number of hydrogen-bond acceptors (Lipinski definition) is 2. The first-order valence-electron chi connectivity index (χ1n) is 9.17. The lowest BCUT2D eigenvalue weighted by Gasteiger charge is -2.40. The number of thioether (sulfide) groups is 1. The number of rotatable bonds is 2. The molecule has 6 heteroatoms. The quantitative estimate of drug-likeness (QED) is 0.636. The summed E-state index contributed by atoms with van der Waals surface area (Å²) in [5, 5.41) is 0.811. The molecule has 1 aromatic carbocycles. The summed E-state index contributed by atoms with van der Waals surface area (Å²) in [4.78, 5) is 6.99. The third-order valence-corrected chi connectivity index (χ3v) is 7.06. The molecule has 1 saturated heterocycles. The highest BCUT2D eigenvalue weighted by molar-refractivity contribution is 8.14. The molecule has 25 heavy (non-hydrogen) atoms. The highest BCUT2D eigenvalue weighted by Gasteiger charge is 2.49. The topological polar surface area (TPSA) is 15.6 Å². The molecule has 1 aliphatic heterocycles. The van der Waals surface area contributed by atoms with Crippen molar-refractivity contribution in [3.8, 4) is 0 Å². The van der Waals surface area contributed by atoms with Crippen molar-refractivity contribution < 1.29 is 13.2 Å². The normalized spacial score (nSPS) is 25.6. The molecule has 136 valence electrons. The molecule has 3 fully saturated rings. The molecule has 4 rings (SSSR count). The van der Waals surface area contributed by atoms with Gasteiger partial charge in [-0.05, 0) is 37.8 Å². The van der Waals surface area contributed by atoms with Crippen LogP contribution in [0.15, 0.2) is 29.3 Å². The van der Waals surface area contributed by atoms with E-state index in [1.54, 1.807) is 17.8 Å². The first-order chi connectivity index (χ1) is 12.0. The summed E-state index contributed by atoms with van der Waals surface area (Å²) in [6.45, 7) is 0. The van der Waals surface area contributed by atoms with Gasteiger partial charge >= 0.3 is 6.18 Å². The van der Waals surface area contributed by atoms with Gasteiger partial charge in [-0.1, -0.05) is 49.6 Å². The van der Waals surface area contributed by atoms with Crippen LogP contribution in [0.1, 0.15) is 56.9 Å². The van der Waals surface area contributed by atoms with Gasteiger partial charge in [-0.2, -0.15) is 13.2 Å². The second-order valence-electron chi connectivity index (χ2n) is 7.44. The SMILES string of the molecule is FC(F)(F)c1ccccc1N=C1SCC2(CCCC2)N1C1CCCC1. The Hall–Kier alpha value is -1.17. The van der Waals surface area contributed by atoms with Crippen LogP contribution in [0.4, 0.5) is 18.9 Å². The Labute approximate surface area is 150 Å². The second-order valence-corrected chi connectivity index (χ2v) is 8.38. The number of aliphatic imine (C=N–C) groups is 1. The maximum absolute atomic E-state index is 13.3. The molecule has 0 atom stereocenters. The molecule has 0 N–H and O–H groups in total. The first kappa shape index (κ1) is 17.3. The maximum atomic E-state index is 13.3. The lowest BCUT2D eigenvalue weighted by Crippen LogP contribution is -2.50. The van der Waals surface area contributed by atoms with Crippen LogP contribution in [0.3, 0.4) is 0 Å². The summed E-state index contributed by atoms with van der Waals surface area (Å²) in [6.07, 6.45) is 5.08. The van der Waals surface area contributed by atoms with Crippen LogP contribution in [-0.2, 0) is 6.18 Å². The fourth-order valence-corrected chi connectivity index (χ4v) is 6.14. The fourth-order valence-electron chi connectivity index (χ4n) is 4.67. The Morgan fingerprint density at radius 2 is 1.72 bits per heavy atom. The molecule has 2 saturated carbocycles. The van der Waals surface area contributed by atoms with Crippen LogP contribution in [0, 0.1) is 0 Å². The van der Waals surface area contributed by atoms with Crippen LogP contribution in [0.2, 0.25) is 0 Å². The minimum Gasteiger partial charge on any atom is -0.342 e. The Balaban J connectivity index is 1.73. The standard InChI is InChI=1S/C19H23F3N2S/c20-19(21,22)15-9-3-4-10-16(15)23-17-24(14-7-1-2-8-14)18(13-25-17)11-5-6-12-18/h3-4,9-10,14H,1-2,5-8,11-13H2. The van der Waals surface area contributed by atoms with E-state index < -0.39 is 11.7 Å². The fraction of sp³-hybridized carbons (Fsp3) is 0.632. The van der Waals surface area contributed by atoms with Crippen LogP contribution in [-0.4, -0.2) is 27.4 Å². The van der Waals surface area contributed by atoms with E-state index in [4.69, 9.17) is 0 Å². The van der Waals surface area contributed by atoms with Crippen molar-refractivity contribution in [2.45, 2.75) is 69.1 Å². The summed E-state index contributed by atoms with van der Waals surface area (Å²) in [5.41, 5.74) is -0.455. The average Bonchev–Trinajstić information content (AvgIpc) is 3.30. The zero-order chi connectivity index (χ0) is 17.5. The molecular formula is C19H23F3N2S. The van der Waals surface area contributed by atoms with E-state index in [2.05, 4.69) is 9.89 Å². The Morgan fingerprint density at radius 1 is 1.04 bits per heavy atom. The van der Waals surface area contributed by atoms with Crippen LogP contribution >= 0.6 is 11.8 Å². The molecule has 0 amide bonds. The average molecular weight is 368 g/mol. The molecule has 0 radical (unpaired) electrons. The molecule has 0 aromatic heterocycles. The molecule has 3 aliphatic rings. The Kier molecular flexibility index (Phi) is 4.50. The van der Waals surface area contributed by atoms with E-state index >= 15 is 0 Å². The molecule has 1 spiro atoms. The number of nitrogens with zero attached hydrogens (tertiary/aromatic N) is 2. The van der Waals surface area contributed by atoms with Gasteiger partial charge in [0, 0.05) is 11.8 Å². The van der Waals surface area contributed by atoms with Crippen molar-refractivity contribution in [1.29, 1.82) is 0 Å². The highest BCUT2D eigenvalue weighted by atomic mass is 32.2. The van der Waals surface area contributed by atoms with E-state index in [9.17, 15) is 13.2 Å². The Morgan fingerprint density at radius 3 is 2.40 bits per heavy atom. The van der Waals surface area contributed by atoms with E-state index in [1.165, 1.54) is 37.8 Å². The number of para-hydroxylation sites is 1. The van der Waals surface area contributed by atoms with Crippen LogP contribution in [0.5, 0.6) is 0 Å². The molecule has 0 unspecified atom stereocenters. The summed E-state index contributed by atoms with van der Waals surface area (Å²) < 4.78 is 40.0. The molecule has 1 aromatic rings. The van der Waals surface area contributed by atoms with Gasteiger partial charge in [0.05, 0.1) is 16.8 Å². The van der Waals surface area contributed by atoms with Crippen LogP contribution < -0.4 is 0 Å². The van der Waals surface area contributed by atoms with E-state index in [0.717, 1.165) is 42.7 Å². The predicted molar refractivity (Wildman–Crippen MR) is 96.3 cm³/mol. The Bertz CT molecular complexity index is 659. The second kappa shape index (κ2) is 6.53. The molecule has 1 heterocycles. The van der Waals surface area contributed by atoms with Gasteiger partial charge in [0.2, 0.25) is 0 Å². The number of amidine groups is 1. The summed E-state index contributed by atoms with van der Waals surface area (Å²) in [5.74, 6) is 0.969. The first-order valence-corrected chi connectivity index (χ1v) is 10.2. The summed E-state index contributed by atoms with van der Waals surface area (Å²) in [6, 6.07) is 6.14. The van der Waals surface area contributed by atoms with E-state index in [1.807, 2.05) is 0 Å². The van der Waals surface area contributed by atoms with Crippen molar-refractivity contribution in [3.63, 3.8) is 0 Å². The van der Waals surface area contributed by atoms with Crippen molar-refractivity contribution in [3.05, 3.63) is 29.8 Å². The highest BCUT2D eigenvalue weighted by Crippen LogP contribution is 2.49.